The minimum Gasteiger partial charge on any atom is -0.491 e. The van der Waals surface area contributed by atoms with E-state index in [4.69, 9.17) is 9.47 Å². The van der Waals surface area contributed by atoms with Crippen molar-refractivity contribution in [2.24, 2.45) is 0 Å². The van der Waals surface area contributed by atoms with Crippen LogP contribution in [0.4, 0.5) is 0 Å². The highest BCUT2D eigenvalue weighted by atomic mass is 16.5. The van der Waals surface area contributed by atoms with E-state index in [1.165, 1.54) is 16.7 Å². The van der Waals surface area contributed by atoms with Crippen LogP contribution in [0.25, 0.3) is 0 Å². The smallest absolute Gasteiger partial charge is 0.119 e. The van der Waals surface area contributed by atoms with Gasteiger partial charge in [-0.15, -0.1) is 0 Å². The van der Waals surface area contributed by atoms with Crippen molar-refractivity contribution in [2.75, 3.05) is 33.4 Å². The van der Waals surface area contributed by atoms with Crippen LogP contribution in [0.15, 0.2) is 48.5 Å². The summed E-state index contributed by atoms with van der Waals surface area (Å²) in [5.41, 5.74) is 3.80. The predicted octanol–water partition coefficient (Wildman–Crippen LogP) is 3.19. The third-order valence-electron chi connectivity index (χ3n) is 4.16. The van der Waals surface area contributed by atoms with E-state index < -0.39 is 6.10 Å². The van der Waals surface area contributed by atoms with Crippen LogP contribution in [0.1, 0.15) is 16.7 Å². The van der Waals surface area contributed by atoms with Gasteiger partial charge in [-0.25, -0.2) is 0 Å². The van der Waals surface area contributed by atoms with E-state index in [1.807, 2.05) is 30.3 Å². The summed E-state index contributed by atoms with van der Waals surface area (Å²) >= 11 is 0. The Bertz CT molecular complexity index is 630. The molecule has 0 bridgehead atoms. The Kier molecular flexibility index (Phi) is 7.92. The molecule has 2 rings (SSSR count). The number of nitrogens with zero attached hydrogens (tertiary/aromatic N) is 1. The molecule has 0 radical (unpaired) electrons. The summed E-state index contributed by atoms with van der Waals surface area (Å²) in [6, 6.07) is 16.1. The van der Waals surface area contributed by atoms with Crippen LogP contribution in [0.2, 0.25) is 0 Å². The van der Waals surface area contributed by atoms with Crippen LogP contribution in [-0.2, 0) is 11.3 Å². The minimum absolute atomic E-state index is 0.278. The molecule has 0 unspecified atom stereocenters. The SMILES string of the molecule is COCCN(Cc1cc(C)ccc1C)C[C@@H](O)COc1ccccc1. The van der Waals surface area contributed by atoms with E-state index >= 15 is 0 Å². The van der Waals surface area contributed by atoms with Crippen LogP contribution in [0, 0.1) is 13.8 Å². The number of ether oxygens (including phenoxy) is 2. The molecule has 4 heteroatoms. The van der Waals surface area contributed by atoms with Gasteiger partial charge >= 0.3 is 0 Å². The van der Waals surface area contributed by atoms with E-state index in [1.54, 1.807) is 7.11 Å². The Balaban J connectivity index is 1.93. The van der Waals surface area contributed by atoms with Crippen molar-refractivity contribution in [1.29, 1.82) is 0 Å². The summed E-state index contributed by atoms with van der Waals surface area (Å²) in [7, 11) is 1.70. The summed E-state index contributed by atoms with van der Waals surface area (Å²) in [6.45, 7) is 7.25. The maximum atomic E-state index is 10.4. The summed E-state index contributed by atoms with van der Waals surface area (Å²) < 4.78 is 10.9. The van der Waals surface area contributed by atoms with E-state index in [-0.39, 0.29) is 6.61 Å². The topological polar surface area (TPSA) is 41.9 Å². The fourth-order valence-electron chi connectivity index (χ4n) is 2.73. The first-order valence-corrected chi connectivity index (χ1v) is 8.72. The Hall–Kier alpha value is -1.88. The maximum Gasteiger partial charge on any atom is 0.119 e. The van der Waals surface area contributed by atoms with Gasteiger partial charge in [0, 0.05) is 26.7 Å². The zero-order valence-corrected chi connectivity index (χ0v) is 15.4. The highest BCUT2D eigenvalue weighted by molar-refractivity contribution is 5.30. The molecule has 0 fully saturated rings. The van der Waals surface area contributed by atoms with Gasteiger partial charge in [0.05, 0.1) is 6.61 Å². The first-order valence-electron chi connectivity index (χ1n) is 8.72. The van der Waals surface area contributed by atoms with Gasteiger partial charge in [0.15, 0.2) is 0 Å². The molecule has 0 spiro atoms. The number of para-hydroxylation sites is 1. The highest BCUT2D eigenvalue weighted by Crippen LogP contribution is 2.14. The lowest BCUT2D eigenvalue weighted by molar-refractivity contribution is 0.0541. The number of hydrogen-bond donors (Lipinski definition) is 1. The summed E-state index contributed by atoms with van der Waals surface area (Å²) in [5.74, 6) is 0.777. The second-order valence-corrected chi connectivity index (χ2v) is 6.44. The summed E-state index contributed by atoms with van der Waals surface area (Å²) in [5, 5.41) is 10.4. The Labute approximate surface area is 151 Å². The highest BCUT2D eigenvalue weighted by Gasteiger charge is 2.14. The normalized spacial score (nSPS) is 12.4. The average molecular weight is 343 g/mol. The first kappa shape index (κ1) is 19.4. The third kappa shape index (κ3) is 6.86. The Morgan fingerprint density at radius 1 is 1.08 bits per heavy atom. The largest absolute Gasteiger partial charge is 0.491 e. The standard InChI is InChI=1S/C21H29NO3/c1-17-9-10-18(2)19(13-17)14-22(11-12-24-3)15-20(23)16-25-21-7-5-4-6-8-21/h4-10,13,20,23H,11-12,14-16H2,1-3H3/t20-/m1/s1. The van der Waals surface area contributed by atoms with Gasteiger partial charge in [-0.3, -0.25) is 4.90 Å². The zero-order valence-electron chi connectivity index (χ0n) is 15.4. The van der Waals surface area contributed by atoms with E-state index in [9.17, 15) is 5.11 Å². The van der Waals surface area contributed by atoms with Gasteiger partial charge < -0.3 is 14.6 Å². The van der Waals surface area contributed by atoms with Gasteiger partial charge in [0.1, 0.15) is 18.5 Å². The summed E-state index contributed by atoms with van der Waals surface area (Å²) in [6.07, 6.45) is -0.554. The van der Waals surface area contributed by atoms with Gasteiger partial charge in [-0.05, 0) is 37.1 Å². The Morgan fingerprint density at radius 2 is 1.84 bits per heavy atom. The van der Waals surface area contributed by atoms with Gasteiger partial charge in [-0.1, -0.05) is 42.0 Å². The molecule has 0 amide bonds. The van der Waals surface area contributed by atoms with Crippen molar-refractivity contribution in [1.82, 2.24) is 4.90 Å². The lowest BCUT2D eigenvalue weighted by atomic mass is 10.1. The van der Waals surface area contributed by atoms with Crippen LogP contribution < -0.4 is 4.74 Å². The van der Waals surface area contributed by atoms with Crippen molar-refractivity contribution in [3.63, 3.8) is 0 Å². The maximum absolute atomic E-state index is 10.4. The van der Waals surface area contributed by atoms with Crippen molar-refractivity contribution < 1.29 is 14.6 Å². The number of aryl methyl sites for hydroxylation is 2. The molecule has 0 aliphatic heterocycles. The monoisotopic (exact) mass is 343 g/mol. The predicted molar refractivity (Wildman–Crippen MR) is 101 cm³/mol. The van der Waals surface area contributed by atoms with Crippen LogP contribution >= 0.6 is 0 Å². The van der Waals surface area contributed by atoms with E-state index in [2.05, 4.69) is 36.9 Å². The van der Waals surface area contributed by atoms with Gasteiger partial charge in [0.25, 0.3) is 0 Å². The molecule has 136 valence electrons. The van der Waals surface area contributed by atoms with Crippen molar-refractivity contribution in [2.45, 2.75) is 26.5 Å². The van der Waals surface area contributed by atoms with Crippen molar-refractivity contribution in [3.05, 3.63) is 65.2 Å². The van der Waals surface area contributed by atoms with Crippen molar-refractivity contribution in [3.8, 4) is 5.75 Å². The summed E-state index contributed by atoms with van der Waals surface area (Å²) in [4.78, 5) is 2.21. The number of hydrogen-bond acceptors (Lipinski definition) is 4. The van der Waals surface area contributed by atoms with E-state index in [0.29, 0.717) is 13.2 Å². The molecule has 0 saturated heterocycles. The number of aliphatic hydroxyl groups is 1. The lowest BCUT2D eigenvalue weighted by Crippen LogP contribution is -2.37. The second kappa shape index (κ2) is 10.2. The molecule has 0 aliphatic carbocycles. The first-order chi connectivity index (χ1) is 12.1. The Morgan fingerprint density at radius 3 is 2.56 bits per heavy atom. The number of methoxy groups -OCH3 is 1. The average Bonchev–Trinajstić information content (AvgIpc) is 2.62. The third-order valence-corrected chi connectivity index (χ3v) is 4.16. The van der Waals surface area contributed by atoms with Crippen molar-refractivity contribution >= 4 is 0 Å². The molecule has 1 atom stereocenters. The zero-order chi connectivity index (χ0) is 18.1. The van der Waals surface area contributed by atoms with Gasteiger partial charge in [-0.2, -0.15) is 0 Å². The molecule has 1 N–H and O–H groups in total. The van der Waals surface area contributed by atoms with Crippen LogP contribution in [-0.4, -0.2) is 49.5 Å². The molecule has 2 aromatic carbocycles. The van der Waals surface area contributed by atoms with Gasteiger partial charge in [0.2, 0.25) is 0 Å². The van der Waals surface area contributed by atoms with E-state index in [0.717, 1.165) is 18.8 Å². The molecule has 0 aliphatic rings. The molecule has 0 heterocycles. The quantitative estimate of drug-likeness (QED) is 0.719. The fourth-order valence-corrected chi connectivity index (χ4v) is 2.73. The molecule has 4 nitrogen and oxygen atoms in total. The van der Waals surface area contributed by atoms with Crippen LogP contribution in [0.3, 0.4) is 0 Å². The number of aliphatic hydroxyl groups excluding tert-OH is 1. The van der Waals surface area contributed by atoms with Crippen LogP contribution in [0.5, 0.6) is 5.75 Å². The number of rotatable bonds is 10. The molecular weight excluding hydrogens is 314 g/mol. The second-order valence-electron chi connectivity index (χ2n) is 6.44. The molecular formula is C21H29NO3. The lowest BCUT2D eigenvalue weighted by Gasteiger charge is -2.26. The molecule has 2 aromatic rings. The molecule has 25 heavy (non-hydrogen) atoms. The minimum atomic E-state index is -0.554. The molecule has 0 saturated carbocycles. The fraction of sp³-hybridized carbons (Fsp3) is 0.429. The molecule has 0 aromatic heterocycles. The number of benzene rings is 2.